The molecular formula is C10H15NO. The van der Waals surface area contributed by atoms with Crippen LogP contribution in [0.25, 0.3) is 0 Å². The molecule has 0 spiro atoms. The van der Waals surface area contributed by atoms with Crippen LogP contribution in [0, 0.1) is 0 Å². The van der Waals surface area contributed by atoms with Crippen molar-refractivity contribution < 1.29 is 4.74 Å². The highest BCUT2D eigenvalue weighted by Crippen LogP contribution is 2.22. The smallest absolute Gasteiger partial charge is 0.120 e. The molecule has 0 aliphatic carbocycles. The molecule has 1 N–H and O–H groups in total. The highest BCUT2D eigenvalue weighted by Gasteiger charge is 1.99. The van der Waals surface area contributed by atoms with Gasteiger partial charge in [0.05, 0.1) is 7.11 Å². The summed E-state index contributed by atoms with van der Waals surface area (Å²) in [6.45, 7) is 2.14. The number of rotatable bonds is 3. The Morgan fingerprint density at radius 3 is 2.67 bits per heavy atom. The SMILES string of the molecule is CCc1ccc(OC)cc1NC. The van der Waals surface area contributed by atoms with E-state index in [2.05, 4.69) is 18.3 Å². The molecule has 0 unspecified atom stereocenters. The number of hydrogen-bond donors (Lipinski definition) is 1. The second-order valence-corrected chi connectivity index (χ2v) is 2.63. The first-order valence-corrected chi connectivity index (χ1v) is 4.16. The Morgan fingerprint density at radius 1 is 1.42 bits per heavy atom. The topological polar surface area (TPSA) is 21.3 Å². The van der Waals surface area contributed by atoms with E-state index in [1.54, 1.807) is 7.11 Å². The van der Waals surface area contributed by atoms with Gasteiger partial charge < -0.3 is 10.1 Å². The summed E-state index contributed by atoms with van der Waals surface area (Å²) in [5.74, 6) is 0.900. The molecule has 0 aliphatic rings. The largest absolute Gasteiger partial charge is 0.497 e. The molecule has 1 aromatic rings. The summed E-state index contributed by atoms with van der Waals surface area (Å²) in [5, 5.41) is 3.14. The fraction of sp³-hybridized carbons (Fsp3) is 0.400. The highest BCUT2D eigenvalue weighted by atomic mass is 16.5. The van der Waals surface area contributed by atoms with Crippen LogP contribution in [0.1, 0.15) is 12.5 Å². The monoisotopic (exact) mass is 165 g/mol. The fourth-order valence-corrected chi connectivity index (χ4v) is 1.22. The van der Waals surface area contributed by atoms with Gasteiger partial charge in [-0.25, -0.2) is 0 Å². The third-order valence-electron chi connectivity index (χ3n) is 1.97. The van der Waals surface area contributed by atoms with Crippen LogP contribution < -0.4 is 10.1 Å². The average Bonchev–Trinajstić information content (AvgIpc) is 2.16. The molecule has 0 amide bonds. The van der Waals surface area contributed by atoms with Crippen molar-refractivity contribution in [1.82, 2.24) is 0 Å². The van der Waals surface area contributed by atoms with Crippen molar-refractivity contribution >= 4 is 5.69 Å². The summed E-state index contributed by atoms with van der Waals surface area (Å²) >= 11 is 0. The first-order valence-electron chi connectivity index (χ1n) is 4.16. The molecule has 2 nitrogen and oxygen atoms in total. The lowest BCUT2D eigenvalue weighted by atomic mass is 10.1. The standard InChI is InChI=1S/C10H15NO/c1-4-8-5-6-9(12-3)7-10(8)11-2/h5-7,11H,4H2,1-3H3. The Hall–Kier alpha value is -1.18. The quantitative estimate of drug-likeness (QED) is 0.742. The number of methoxy groups -OCH3 is 1. The number of hydrogen-bond acceptors (Lipinski definition) is 2. The molecule has 0 heterocycles. The predicted octanol–water partition coefficient (Wildman–Crippen LogP) is 2.30. The molecule has 2 heteroatoms. The van der Waals surface area contributed by atoms with Gasteiger partial charge in [-0.05, 0) is 18.1 Å². The molecule has 0 radical (unpaired) electrons. The Morgan fingerprint density at radius 2 is 2.17 bits per heavy atom. The van der Waals surface area contributed by atoms with Crippen LogP contribution in [0.4, 0.5) is 5.69 Å². The van der Waals surface area contributed by atoms with Crippen LogP contribution in [0.3, 0.4) is 0 Å². The molecule has 0 atom stereocenters. The van der Waals surface area contributed by atoms with Gasteiger partial charge in [-0.15, -0.1) is 0 Å². The Bertz CT molecular complexity index is 258. The van der Waals surface area contributed by atoms with E-state index in [9.17, 15) is 0 Å². The van der Waals surface area contributed by atoms with Gasteiger partial charge in [0.25, 0.3) is 0 Å². The van der Waals surface area contributed by atoms with Crippen LogP contribution in [-0.4, -0.2) is 14.2 Å². The van der Waals surface area contributed by atoms with Gasteiger partial charge in [0, 0.05) is 18.8 Å². The van der Waals surface area contributed by atoms with E-state index in [1.165, 1.54) is 5.56 Å². The minimum atomic E-state index is 0.900. The van der Waals surface area contributed by atoms with Crippen molar-refractivity contribution in [1.29, 1.82) is 0 Å². The van der Waals surface area contributed by atoms with Crippen molar-refractivity contribution in [2.75, 3.05) is 19.5 Å². The lowest BCUT2D eigenvalue weighted by Gasteiger charge is -2.08. The maximum atomic E-state index is 5.12. The van der Waals surface area contributed by atoms with Gasteiger partial charge in [-0.2, -0.15) is 0 Å². The van der Waals surface area contributed by atoms with E-state index in [0.717, 1.165) is 17.9 Å². The second-order valence-electron chi connectivity index (χ2n) is 2.63. The summed E-state index contributed by atoms with van der Waals surface area (Å²) in [6.07, 6.45) is 1.04. The molecule has 0 fully saturated rings. The van der Waals surface area contributed by atoms with Crippen molar-refractivity contribution in [2.24, 2.45) is 0 Å². The second kappa shape index (κ2) is 4.00. The molecule has 0 saturated heterocycles. The number of ether oxygens (including phenoxy) is 1. The van der Waals surface area contributed by atoms with Crippen molar-refractivity contribution in [2.45, 2.75) is 13.3 Å². The van der Waals surface area contributed by atoms with Crippen LogP contribution in [0.2, 0.25) is 0 Å². The third-order valence-corrected chi connectivity index (χ3v) is 1.97. The van der Waals surface area contributed by atoms with Crippen molar-refractivity contribution in [3.63, 3.8) is 0 Å². The minimum absolute atomic E-state index is 0.900. The number of aryl methyl sites for hydroxylation is 1. The van der Waals surface area contributed by atoms with Gasteiger partial charge in [0.15, 0.2) is 0 Å². The van der Waals surface area contributed by atoms with Crippen molar-refractivity contribution in [3.8, 4) is 5.75 Å². The number of nitrogens with one attached hydrogen (secondary N) is 1. The van der Waals surface area contributed by atoms with Gasteiger partial charge in [-0.1, -0.05) is 13.0 Å². The molecular weight excluding hydrogens is 150 g/mol. The Balaban J connectivity index is 3.02. The number of anilines is 1. The number of benzene rings is 1. The summed E-state index contributed by atoms with van der Waals surface area (Å²) in [4.78, 5) is 0. The van der Waals surface area contributed by atoms with Crippen LogP contribution in [0.15, 0.2) is 18.2 Å². The summed E-state index contributed by atoms with van der Waals surface area (Å²) in [7, 11) is 3.61. The Labute approximate surface area is 73.6 Å². The lowest BCUT2D eigenvalue weighted by Crippen LogP contribution is -1.95. The summed E-state index contributed by atoms with van der Waals surface area (Å²) in [6, 6.07) is 6.09. The van der Waals surface area contributed by atoms with E-state index in [0.29, 0.717) is 0 Å². The molecule has 66 valence electrons. The first kappa shape index (κ1) is 8.91. The van der Waals surface area contributed by atoms with Crippen molar-refractivity contribution in [3.05, 3.63) is 23.8 Å². The van der Waals surface area contributed by atoms with Gasteiger partial charge >= 0.3 is 0 Å². The van der Waals surface area contributed by atoms with Gasteiger partial charge in [-0.3, -0.25) is 0 Å². The maximum Gasteiger partial charge on any atom is 0.120 e. The summed E-state index contributed by atoms with van der Waals surface area (Å²) < 4.78 is 5.12. The van der Waals surface area contributed by atoms with Crippen LogP contribution >= 0.6 is 0 Å². The molecule has 0 aliphatic heterocycles. The molecule has 0 aromatic heterocycles. The van der Waals surface area contributed by atoms with Crippen LogP contribution in [-0.2, 0) is 6.42 Å². The van der Waals surface area contributed by atoms with E-state index in [-0.39, 0.29) is 0 Å². The molecule has 12 heavy (non-hydrogen) atoms. The minimum Gasteiger partial charge on any atom is -0.497 e. The zero-order valence-corrected chi connectivity index (χ0v) is 7.85. The van der Waals surface area contributed by atoms with Crippen LogP contribution in [0.5, 0.6) is 5.75 Å². The summed E-state index contributed by atoms with van der Waals surface area (Å²) in [5.41, 5.74) is 2.47. The third kappa shape index (κ3) is 1.70. The average molecular weight is 165 g/mol. The van der Waals surface area contributed by atoms with E-state index in [1.807, 2.05) is 19.2 Å². The zero-order valence-electron chi connectivity index (χ0n) is 7.85. The van der Waals surface area contributed by atoms with Gasteiger partial charge in [0.2, 0.25) is 0 Å². The van der Waals surface area contributed by atoms with E-state index in [4.69, 9.17) is 4.74 Å². The van der Waals surface area contributed by atoms with E-state index >= 15 is 0 Å². The van der Waals surface area contributed by atoms with E-state index < -0.39 is 0 Å². The molecule has 1 rings (SSSR count). The zero-order chi connectivity index (χ0) is 8.97. The normalized spacial score (nSPS) is 9.58. The molecule has 1 aromatic carbocycles. The Kier molecular flexibility index (Phi) is 2.97. The fourth-order valence-electron chi connectivity index (χ4n) is 1.22. The first-order chi connectivity index (χ1) is 5.81. The maximum absolute atomic E-state index is 5.12. The highest BCUT2D eigenvalue weighted by molar-refractivity contribution is 5.54. The lowest BCUT2D eigenvalue weighted by molar-refractivity contribution is 0.415. The van der Waals surface area contributed by atoms with Gasteiger partial charge in [0.1, 0.15) is 5.75 Å². The molecule has 0 saturated carbocycles. The predicted molar refractivity (Wildman–Crippen MR) is 51.9 cm³/mol. The molecule has 0 bridgehead atoms.